The van der Waals surface area contributed by atoms with E-state index in [1.807, 2.05) is 50.2 Å². The van der Waals surface area contributed by atoms with Crippen LogP contribution in [0, 0.1) is 0 Å². The topological polar surface area (TPSA) is 44.8 Å². The maximum absolute atomic E-state index is 11.9. The molecule has 0 aliphatic heterocycles. The molecule has 0 saturated heterocycles. The van der Waals surface area contributed by atoms with Crippen LogP contribution in [0.2, 0.25) is 0 Å². The molecule has 2 aromatic rings. The second-order valence-electron chi connectivity index (χ2n) is 5.09. The molecule has 0 spiro atoms. The predicted molar refractivity (Wildman–Crippen MR) is 83.7 cm³/mol. The van der Waals surface area contributed by atoms with E-state index in [4.69, 9.17) is 14.2 Å². The molecule has 4 nitrogen and oxygen atoms in total. The minimum absolute atomic E-state index is 0.0572. The highest BCUT2D eigenvalue weighted by atomic mass is 16.8. The van der Waals surface area contributed by atoms with Crippen molar-refractivity contribution in [3.05, 3.63) is 66.2 Å². The zero-order valence-electron chi connectivity index (χ0n) is 12.8. The van der Waals surface area contributed by atoms with Gasteiger partial charge in [-0.15, -0.1) is 0 Å². The average Bonchev–Trinajstić information content (AvgIpc) is 2.48. The second kappa shape index (κ2) is 8.20. The summed E-state index contributed by atoms with van der Waals surface area (Å²) in [5, 5.41) is 0. The van der Waals surface area contributed by atoms with Crippen molar-refractivity contribution in [3.8, 4) is 5.75 Å². The van der Waals surface area contributed by atoms with Gasteiger partial charge >= 0.3 is 6.16 Å². The lowest BCUT2D eigenvalue weighted by Crippen LogP contribution is -2.28. The van der Waals surface area contributed by atoms with Gasteiger partial charge in [0.2, 0.25) is 6.29 Å². The molecule has 1 atom stereocenters. The Hall–Kier alpha value is -2.33. The minimum atomic E-state index is -0.771. The summed E-state index contributed by atoms with van der Waals surface area (Å²) in [4.78, 5) is 11.9. The van der Waals surface area contributed by atoms with Crippen molar-refractivity contribution in [2.24, 2.45) is 0 Å². The molecule has 22 heavy (non-hydrogen) atoms. The van der Waals surface area contributed by atoms with Crippen molar-refractivity contribution in [2.75, 3.05) is 0 Å². The van der Waals surface area contributed by atoms with Crippen molar-refractivity contribution in [2.45, 2.75) is 32.7 Å². The van der Waals surface area contributed by atoms with Crippen LogP contribution < -0.4 is 4.74 Å². The van der Waals surface area contributed by atoms with Crippen LogP contribution in [-0.4, -0.2) is 18.5 Å². The molecule has 4 heteroatoms. The molecule has 116 valence electrons. The van der Waals surface area contributed by atoms with Crippen molar-refractivity contribution in [1.29, 1.82) is 0 Å². The predicted octanol–water partition coefficient (Wildman–Crippen LogP) is 4.20. The van der Waals surface area contributed by atoms with Gasteiger partial charge in [-0.05, 0) is 31.5 Å². The summed E-state index contributed by atoms with van der Waals surface area (Å²) in [5.74, 6) is 0.440. The zero-order chi connectivity index (χ0) is 15.8. The summed E-state index contributed by atoms with van der Waals surface area (Å²) >= 11 is 0. The van der Waals surface area contributed by atoms with Crippen LogP contribution in [0.4, 0.5) is 4.79 Å². The fraction of sp³-hybridized carbons (Fsp3) is 0.278. The van der Waals surface area contributed by atoms with E-state index in [1.165, 1.54) is 0 Å². The van der Waals surface area contributed by atoms with Crippen LogP contribution in [0.3, 0.4) is 0 Å². The Kier molecular flexibility index (Phi) is 5.98. The molecule has 1 unspecified atom stereocenters. The third kappa shape index (κ3) is 5.58. The van der Waals surface area contributed by atoms with Gasteiger partial charge in [-0.1, -0.05) is 48.5 Å². The quantitative estimate of drug-likeness (QED) is 0.456. The number of ether oxygens (including phenoxy) is 3. The Morgan fingerprint density at radius 2 is 1.55 bits per heavy atom. The Morgan fingerprint density at radius 1 is 0.955 bits per heavy atom. The van der Waals surface area contributed by atoms with Crippen LogP contribution >= 0.6 is 0 Å². The van der Waals surface area contributed by atoms with E-state index in [0.717, 1.165) is 5.56 Å². The summed E-state index contributed by atoms with van der Waals surface area (Å²) in [7, 11) is 0. The van der Waals surface area contributed by atoms with Crippen LogP contribution in [-0.2, 0) is 15.9 Å². The first-order chi connectivity index (χ1) is 10.6. The zero-order valence-corrected chi connectivity index (χ0v) is 12.8. The van der Waals surface area contributed by atoms with Gasteiger partial charge in [-0.3, -0.25) is 0 Å². The van der Waals surface area contributed by atoms with Gasteiger partial charge in [0.1, 0.15) is 5.75 Å². The van der Waals surface area contributed by atoms with Gasteiger partial charge in [-0.25, -0.2) is 4.79 Å². The molecule has 0 aromatic heterocycles. The second-order valence-corrected chi connectivity index (χ2v) is 5.09. The summed E-state index contributed by atoms with van der Waals surface area (Å²) < 4.78 is 16.0. The molecule has 2 aromatic carbocycles. The highest BCUT2D eigenvalue weighted by molar-refractivity contribution is 5.63. The molecule has 0 heterocycles. The number of rotatable bonds is 6. The molecule has 0 saturated carbocycles. The van der Waals surface area contributed by atoms with E-state index in [2.05, 4.69) is 0 Å². The van der Waals surface area contributed by atoms with Crippen LogP contribution in [0.25, 0.3) is 0 Å². The number of para-hydroxylation sites is 1. The van der Waals surface area contributed by atoms with Gasteiger partial charge in [0.25, 0.3) is 0 Å². The summed E-state index contributed by atoms with van der Waals surface area (Å²) in [6.45, 7) is 3.79. The Labute approximate surface area is 130 Å². The van der Waals surface area contributed by atoms with Crippen molar-refractivity contribution >= 4 is 6.16 Å². The maximum atomic E-state index is 11.9. The summed E-state index contributed by atoms with van der Waals surface area (Å²) in [6, 6.07) is 18.5. The van der Waals surface area contributed by atoms with Crippen LogP contribution in [0.15, 0.2) is 60.7 Å². The van der Waals surface area contributed by atoms with Gasteiger partial charge in [0, 0.05) is 6.42 Å². The number of carbonyl (C=O) groups is 1. The molecule has 0 radical (unpaired) electrons. The van der Waals surface area contributed by atoms with Gasteiger partial charge in [0.15, 0.2) is 0 Å². The van der Waals surface area contributed by atoms with Crippen molar-refractivity contribution in [3.63, 3.8) is 0 Å². The lowest BCUT2D eigenvalue weighted by Gasteiger charge is -2.20. The highest BCUT2D eigenvalue weighted by Gasteiger charge is 2.18. The third-order valence-corrected chi connectivity index (χ3v) is 2.84. The van der Waals surface area contributed by atoms with Crippen LogP contribution in [0.1, 0.15) is 19.4 Å². The first-order valence-electron chi connectivity index (χ1n) is 7.26. The van der Waals surface area contributed by atoms with Gasteiger partial charge < -0.3 is 14.2 Å². The van der Waals surface area contributed by atoms with Gasteiger partial charge in [-0.2, -0.15) is 0 Å². The van der Waals surface area contributed by atoms with E-state index in [0.29, 0.717) is 12.2 Å². The molecular formula is C18H20O4. The Balaban J connectivity index is 1.95. The summed E-state index contributed by atoms with van der Waals surface area (Å²) in [6.07, 6.45) is -1.03. The minimum Gasteiger partial charge on any atom is -0.404 e. The smallest absolute Gasteiger partial charge is 0.404 e. The van der Waals surface area contributed by atoms with Crippen molar-refractivity contribution in [1.82, 2.24) is 0 Å². The monoisotopic (exact) mass is 300 g/mol. The average molecular weight is 300 g/mol. The van der Waals surface area contributed by atoms with E-state index in [9.17, 15) is 4.79 Å². The van der Waals surface area contributed by atoms with Crippen LogP contribution in [0.5, 0.6) is 5.75 Å². The lowest BCUT2D eigenvalue weighted by molar-refractivity contribution is -0.135. The molecule has 0 bridgehead atoms. The number of benzene rings is 2. The molecule has 0 fully saturated rings. The van der Waals surface area contributed by atoms with Crippen molar-refractivity contribution < 1.29 is 19.0 Å². The standard InChI is InChI=1S/C18H20O4/c1-14(2)20-17(13-15-9-5-3-6-10-15)22-18(19)21-16-11-7-4-8-12-16/h3-12,14,17H,13H2,1-2H3. The van der Waals surface area contributed by atoms with Gasteiger partial charge in [0.05, 0.1) is 6.10 Å². The number of hydrogen-bond donors (Lipinski definition) is 0. The normalized spacial score (nSPS) is 12.0. The largest absolute Gasteiger partial charge is 0.516 e. The molecule has 0 N–H and O–H groups in total. The molecule has 2 rings (SSSR count). The fourth-order valence-electron chi connectivity index (χ4n) is 1.94. The molecular weight excluding hydrogens is 280 g/mol. The molecule has 0 aliphatic rings. The maximum Gasteiger partial charge on any atom is 0.516 e. The molecule has 0 aliphatic carbocycles. The highest BCUT2D eigenvalue weighted by Crippen LogP contribution is 2.13. The van der Waals surface area contributed by atoms with E-state index < -0.39 is 12.4 Å². The third-order valence-electron chi connectivity index (χ3n) is 2.84. The number of hydrogen-bond acceptors (Lipinski definition) is 4. The first-order valence-corrected chi connectivity index (χ1v) is 7.26. The van der Waals surface area contributed by atoms with E-state index in [1.54, 1.807) is 24.3 Å². The first kappa shape index (κ1) is 16.0. The fourth-order valence-corrected chi connectivity index (χ4v) is 1.94. The Bertz CT molecular complexity index is 566. The SMILES string of the molecule is CC(C)OC(Cc1ccccc1)OC(=O)Oc1ccccc1. The van der Waals surface area contributed by atoms with E-state index in [-0.39, 0.29) is 6.10 Å². The van der Waals surface area contributed by atoms with E-state index >= 15 is 0 Å². The number of carbonyl (C=O) groups excluding carboxylic acids is 1. The molecule has 0 amide bonds. The summed E-state index contributed by atoms with van der Waals surface area (Å²) in [5.41, 5.74) is 1.03. The lowest BCUT2D eigenvalue weighted by atomic mass is 10.1. The Morgan fingerprint density at radius 3 is 2.14 bits per heavy atom.